The van der Waals surface area contributed by atoms with E-state index in [9.17, 15) is 14.9 Å². The van der Waals surface area contributed by atoms with E-state index in [1.807, 2.05) is 0 Å². The quantitative estimate of drug-likeness (QED) is 0.309. The fourth-order valence-electron chi connectivity index (χ4n) is 3.06. The van der Waals surface area contributed by atoms with Crippen molar-refractivity contribution in [1.82, 2.24) is 14.6 Å². The van der Waals surface area contributed by atoms with Gasteiger partial charge in [0.05, 0.1) is 30.8 Å². The zero-order chi connectivity index (χ0) is 23.0. The first-order chi connectivity index (χ1) is 15.4. The lowest BCUT2D eigenvalue weighted by Crippen LogP contribution is -2.23. The third kappa shape index (κ3) is 3.72. The van der Waals surface area contributed by atoms with Gasteiger partial charge >= 0.3 is 0 Å². The number of non-ortho nitro benzene ring substituents is 1. The number of nitro benzene ring substituents is 1. The Labute approximate surface area is 189 Å². The summed E-state index contributed by atoms with van der Waals surface area (Å²) in [7, 11) is 4.49. The third-order valence-corrected chi connectivity index (χ3v) is 5.89. The number of hydrogen-bond acceptors (Lipinski definition) is 9. The highest BCUT2D eigenvalue weighted by Gasteiger charge is 2.18. The van der Waals surface area contributed by atoms with Crippen molar-refractivity contribution in [2.45, 2.75) is 0 Å². The molecule has 12 heteroatoms. The molecule has 0 fully saturated rings. The maximum Gasteiger partial charge on any atom is 0.291 e. The van der Waals surface area contributed by atoms with E-state index in [1.165, 1.54) is 50.1 Å². The summed E-state index contributed by atoms with van der Waals surface area (Å²) in [6.45, 7) is 0. The van der Waals surface area contributed by atoms with Crippen molar-refractivity contribution in [2.75, 3.05) is 21.3 Å². The molecule has 10 nitrogen and oxygen atoms in total. The number of nitrogens with zero attached hydrogens (tertiary/aromatic N) is 4. The second-order valence-electron chi connectivity index (χ2n) is 6.42. The highest BCUT2D eigenvalue weighted by Crippen LogP contribution is 2.40. The van der Waals surface area contributed by atoms with Gasteiger partial charge in [-0.1, -0.05) is 22.9 Å². The maximum atomic E-state index is 12.8. The predicted molar refractivity (Wildman–Crippen MR) is 119 cm³/mol. The van der Waals surface area contributed by atoms with Gasteiger partial charge in [0, 0.05) is 28.3 Å². The molecule has 0 atom stereocenters. The van der Waals surface area contributed by atoms with Crippen molar-refractivity contribution in [3.8, 4) is 28.6 Å². The number of benzene rings is 2. The van der Waals surface area contributed by atoms with Crippen LogP contribution < -0.4 is 24.3 Å². The maximum absolute atomic E-state index is 12.8. The molecule has 2 aromatic carbocycles. The van der Waals surface area contributed by atoms with Crippen molar-refractivity contribution in [2.24, 2.45) is 0 Å². The van der Waals surface area contributed by atoms with Gasteiger partial charge in [0.25, 0.3) is 11.2 Å². The number of rotatable bonds is 6. The van der Waals surface area contributed by atoms with Crippen LogP contribution >= 0.6 is 22.9 Å². The molecule has 2 heterocycles. The minimum atomic E-state index is -0.530. The van der Waals surface area contributed by atoms with Gasteiger partial charge in [-0.25, -0.2) is 0 Å². The smallest absolute Gasteiger partial charge is 0.291 e. The highest BCUT2D eigenvalue weighted by atomic mass is 35.5. The lowest BCUT2D eigenvalue weighted by molar-refractivity contribution is -0.384. The second-order valence-corrected chi connectivity index (χ2v) is 7.84. The van der Waals surface area contributed by atoms with Crippen LogP contribution in [0.3, 0.4) is 0 Å². The first kappa shape index (κ1) is 21.5. The Hall–Kier alpha value is -3.70. The van der Waals surface area contributed by atoms with Crippen LogP contribution in [0.1, 0.15) is 5.56 Å². The number of fused-ring (bicyclic) bond motifs is 1. The predicted octanol–water partition coefficient (Wildman–Crippen LogP) is 2.95. The largest absolute Gasteiger partial charge is 0.493 e. The van der Waals surface area contributed by atoms with Crippen molar-refractivity contribution < 1.29 is 19.1 Å². The van der Waals surface area contributed by atoms with E-state index in [4.69, 9.17) is 25.8 Å². The summed E-state index contributed by atoms with van der Waals surface area (Å²) in [6.07, 6.45) is 1.48. The van der Waals surface area contributed by atoms with Crippen LogP contribution in [0.4, 0.5) is 5.69 Å². The zero-order valence-electron chi connectivity index (χ0n) is 17.0. The van der Waals surface area contributed by atoms with Crippen LogP contribution in [-0.2, 0) is 0 Å². The van der Waals surface area contributed by atoms with E-state index in [1.54, 1.807) is 12.1 Å². The third-order valence-electron chi connectivity index (χ3n) is 4.58. The van der Waals surface area contributed by atoms with Crippen LogP contribution in [0.15, 0.2) is 35.1 Å². The molecule has 4 aromatic rings. The molecular formula is C20H15ClN4O6S. The Morgan fingerprint density at radius 2 is 1.81 bits per heavy atom. The number of aromatic nitrogens is 3. The summed E-state index contributed by atoms with van der Waals surface area (Å²) in [6, 6.07) is 7.38. The summed E-state index contributed by atoms with van der Waals surface area (Å²) in [5.41, 5.74) is 0.380. The van der Waals surface area contributed by atoms with E-state index >= 15 is 0 Å². The minimum absolute atomic E-state index is 0.128. The van der Waals surface area contributed by atoms with Crippen molar-refractivity contribution in [1.29, 1.82) is 0 Å². The highest BCUT2D eigenvalue weighted by molar-refractivity contribution is 7.15. The zero-order valence-corrected chi connectivity index (χ0v) is 18.6. The molecule has 0 radical (unpaired) electrons. The Morgan fingerprint density at radius 1 is 1.12 bits per heavy atom. The molecule has 2 aromatic heterocycles. The molecule has 0 spiro atoms. The number of thiazole rings is 1. The average molecular weight is 475 g/mol. The Balaban J connectivity index is 1.82. The van der Waals surface area contributed by atoms with Crippen molar-refractivity contribution in [3.05, 3.63) is 65.9 Å². The molecule has 0 saturated heterocycles. The second kappa shape index (κ2) is 8.44. The molecule has 0 aliphatic carbocycles. The Morgan fingerprint density at radius 3 is 2.38 bits per heavy atom. The Kier molecular flexibility index (Phi) is 5.68. The molecule has 0 aliphatic heterocycles. The number of methoxy groups -OCH3 is 3. The molecule has 0 bridgehead atoms. The van der Waals surface area contributed by atoms with Gasteiger partial charge in [0.2, 0.25) is 10.7 Å². The normalized spacial score (nSPS) is 11.7. The van der Waals surface area contributed by atoms with Gasteiger partial charge in [0.1, 0.15) is 0 Å². The van der Waals surface area contributed by atoms with Crippen LogP contribution in [0, 0.1) is 10.1 Å². The van der Waals surface area contributed by atoms with Crippen LogP contribution in [0.2, 0.25) is 5.02 Å². The average Bonchev–Trinajstić information content (AvgIpc) is 3.33. The topological polar surface area (TPSA) is 118 Å². The van der Waals surface area contributed by atoms with Gasteiger partial charge < -0.3 is 14.2 Å². The van der Waals surface area contributed by atoms with E-state index in [0.717, 1.165) is 11.3 Å². The fraction of sp³-hybridized carbons (Fsp3) is 0.150. The summed E-state index contributed by atoms with van der Waals surface area (Å²) >= 11 is 7.23. The summed E-state index contributed by atoms with van der Waals surface area (Å²) < 4.78 is 17.5. The van der Waals surface area contributed by atoms with Crippen molar-refractivity contribution in [3.63, 3.8) is 0 Å². The molecule has 0 N–H and O–H groups in total. The van der Waals surface area contributed by atoms with E-state index in [-0.39, 0.29) is 10.7 Å². The Bertz CT molecular complexity index is 1440. The minimum Gasteiger partial charge on any atom is -0.493 e. The van der Waals surface area contributed by atoms with E-state index in [2.05, 4.69) is 10.1 Å². The number of ether oxygens (including phenoxy) is 3. The number of halogens is 1. The SMILES string of the molecule is COc1cc(-c2nc3s/c(=C\c4cc([N+](=O)[O-])ccc4Cl)c(=O)n3n2)cc(OC)c1OC. The van der Waals surface area contributed by atoms with E-state index < -0.39 is 10.5 Å². The molecule has 0 amide bonds. The molecule has 32 heavy (non-hydrogen) atoms. The van der Waals surface area contributed by atoms with Gasteiger partial charge in [-0.2, -0.15) is 9.50 Å². The lowest BCUT2D eigenvalue weighted by atomic mass is 10.1. The van der Waals surface area contributed by atoms with Crippen molar-refractivity contribution >= 4 is 39.7 Å². The first-order valence-electron chi connectivity index (χ1n) is 9.02. The summed E-state index contributed by atoms with van der Waals surface area (Å²) in [4.78, 5) is 28.1. The van der Waals surface area contributed by atoms with Gasteiger partial charge in [0.15, 0.2) is 17.3 Å². The summed E-state index contributed by atoms with van der Waals surface area (Å²) in [5, 5.41) is 15.6. The van der Waals surface area contributed by atoms with Crippen LogP contribution in [0.25, 0.3) is 22.4 Å². The summed E-state index contributed by atoms with van der Waals surface area (Å²) in [5.74, 6) is 1.58. The standard InChI is InChI=1S/C20H15ClN4O6S/c1-29-14-7-11(8-15(30-2)17(14)31-3)18-22-20-24(23-18)19(26)16(32-20)9-10-6-12(25(27)28)4-5-13(10)21/h4-9H,1-3H3/b16-9-. The van der Waals surface area contributed by atoms with Crippen LogP contribution in [-0.4, -0.2) is 40.9 Å². The molecule has 0 unspecified atom stereocenters. The molecule has 0 aliphatic rings. The number of hydrogen-bond donors (Lipinski definition) is 0. The fourth-order valence-corrected chi connectivity index (χ4v) is 4.13. The first-order valence-corrected chi connectivity index (χ1v) is 10.2. The van der Waals surface area contributed by atoms with E-state index in [0.29, 0.717) is 43.7 Å². The van der Waals surface area contributed by atoms with Crippen LogP contribution in [0.5, 0.6) is 17.2 Å². The number of nitro groups is 1. The molecule has 4 rings (SSSR count). The van der Waals surface area contributed by atoms with Gasteiger partial charge in [-0.05, 0) is 24.3 Å². The molecule has 164 valence electrons. The lowest BCUT2D eigenvalue weighted by Gasteiger charge is -2.12. The van der Waals surface area contributed by atoms with Gasteiger partial charge in [-0.15, -0.1) is 5.10 Å². The molecular weight excluding hydrogens is 460 g/mol. The molecule has 0 saturated carbocycles. The van der Waals surface area contributed by atoms with Gasteiger partial charge in [-0.3, -0.25) is 14.9 Å². The monoisotopic (exact) mass is 474 g/mol.